The molecule has 1 aliphatic heterocycles. The standard InChI is InChI=1S/C21H24N2O2/c1-15-13-16-5-3-4-6-19(16)23(15)20(24)22-14-21(11-12-21)17-7-9-18(25-2)10-8-17/h3-10,15H,11-14H2,1-2H3,(H,22,24). The molecule has 0 saturated heterocycles. The number of ether oxygens (including phenoxy) is 1. The minimum Gasteiger partial charge on any atom is -0.497 e. The fourth-order valence-electron chi connectivity index (χ4n) is 3.87. The second-order valence-electron chi connectivity index (χ2n) is 7.22. The highest BCUT2D eigenvalue weighted by atomic mass is 16.5. The number of hydrogen-bond donors (Lipinski definition) is 1. The van der Waals surface area contributed by atoms with Gasteiger partial charge in [0.05, 0.1) is 7.11 Å². The number of anilines is 1. The lowest BCUT2D eigenvalue weighted by Crippen LogP contribution is -2.45. The summed E-state index contributed by atoms with van der Waals surface area (Å²) < 4.78 is 5.24. The Hall–Kier alpha value is -2.49. The second kappa shape index (κ2) is 6.10. The molecule has 25 heavy (non-hydrogen) atoms. The molecule has 2 aromatic rings. The molecule has 1 fully saturated rings. The van der Waals surface area contributed by atoms with Gasteiger partial charge >= 0.3 is 6.03 Å². The Morgan fingerprint density at radius 2 is 1.92 bits per heavy atom. The van der Waals surface area contributed by atoms with Crippen molar-refractivity contribution in [3.05, 3.63) is 59.7 Å². The molecule has 1 aliphatic carbocycles. The Bertz CT molecular complexity index is 781. The summed E-state index contributed by atoms with van der Waals surface area (Å²) in [5.41, 5.74) is 3.66. The van der Waals surface area contributed by atoms with Gasteiger partial charge < -0.3 is 10.1 Å². The van der Waals surface area contributed by atoms with Crippen LogP contribution in [0.15, 0.2) is 48.5 Å². The van der Waals surface area contributed by atoms with Crippen molar-refractivity contribution >= 4 is 11.7 Å². The van der Waals surface area contributed by atoms with Crippen LogP contribution in [0, 0.1) is 0 Å². The molecule has 1 unspecified atom stereocenters. The number of nitrogens with one attached hydrogen (secondary N) is 1. The molecule has 130 valence electrons. The van der Waals surface area contributed by atoms with Gasteiger partial charge in [0.25, 0.3) is 0 Å². The summed E-state index contributed by atoms with van der Waals surface area (Å²) in [4.78, 5) is 14.7. The molecule has 4 nitrogen and oxygen atoms in total. The van der Waals surface area contributed by atoms with Crippen LogP contribution in [0.1, 0.15) is 30.9 Å². The number of methoxy groups -OCH3 is 1. The lowest BCUT2D eigenvalue weighted by atomic mass is 9.96. The van der Waals surface area contributed by atoms with Crippen molar-refractivity contribution in [1.29, 1.82) is 0 Å². The second-order valence-corrected chi connectivity index (χ2v) is 7.22. The molecule has 2 aromatic carbocycles. The number of para-hydroxylation sites is 1. The average molecular weight is 336 g/mol. The van der Waals surface area contributed by atoms with Crippen LogP contribution in [0.5, 0.6) is 5.75 Å². The molecule has 2 aliphatic rings. The number of rotatable bonds is 4. The molecule has 4 heteroatoms. The Labute approximate surface area is 148 Å². The molecule has 0 bridgehead atoms. The summed E-state index contributed by atoms with van der Waals surface area (Å²) in [6.45, 7) is 2.79. The summed E-state index contributed by atoms with van der Waals surface area (Å²) in [5.74, 6) is 0.867. The molecule has 2 amide bonds. The highest BCUT2D eigenvalue weighted by Crippen LogP contribution is 2.48. The van der Waals surface area contributed by atoms with Crippen molar-refractivity contribution in [3.63, 3.8) is 0 Å². The predicted octanol–water partition coefficient (Wildman–Crippen LogP) is 3.89. The number of nitrogens with zero attached hydrogens (tertiary/aromatic N) is 1. The molecular formula is C21H24N2O2. The van der Waals surface area contributed by atoms with Crippen molar-refractivity contribution in [2.75, 3.05) is 18.6 Å². The first-order chi connectivity index (χ1) is 12.1. The fraction of sp³-hybridized carbons (Fsp3) is 0.381. The van der Waals surface area contributed by atoms with E-state index < -0.39 is 0 Å². The van der Waals surface area contributed by atoms with Crippen LogP contribution in [0.2, 0.25) is 0 Å². The average Bonchev–Trinajstić information content (AvgIpc) is 3.35. The van der Waals surface area contributed by atoms with Gasteiger partial charge in [-0.05, 0) is 55.5 Å². The van der Waals surface area contributed by atoms with Gasteiger partial charge in [-0.25, -0.2) is 4.79 Å². The van der Waals surface area contributed by atoms with Crippen LogP contribution in [-0.4, -0.2) is 25.7 Å². The van der Waals surface area contributed by atoms with Crippen LogP contribution >= 0.6 is 0 Å². The summed E-state index contributed by atoms with van der Waals surface area (Å²) in [7, 11) is 1.68. The number of urea groups is 1. The van der Waals surface area contributed by atoms with Crippen molar-refractivity contribution < 1.29 is 9.53 Å². The van der Waals surface area contributed by atoms with Gasteiger partial charge in [-0.15, -0.1) is 0 Å². The third kappa shape index (κ3) is 2.86. The van der Waals surface area contributed by atoms with E-state index in [0.717, 1.165) is 30.7 Å². The van der Waals surface area contributed by atoms with Crippen molar-refractivity contribution in [2.24, 2.45) is 0 Å². The van der Waals surface area contributed by atoms with Gasteiger partial charge in [0, 0.05) is 23.7 Å². The third-order valence-corrected chi connectivity index (χ3v) is 5.56. The molecule has 0 aromatic heterocycles. The third-order valence-electron chi connectivity index (χ3n) is 5.56. The molecule has 0 radical (unpaired) electrons. The lowest BCUT2D eigenvalue weighted by Gasteiger charge is -2.25. The zero-order chi connectivity index (χ0) is 17.4. The van der Waals surface area contributed by atoms with E-state index >= 15 is 0 Å². The van der Waals surface area contributed by atoms with E-state index in [9.17, 15) is 4.79 Å². The van der Waals surface area contributed by atoms with Gasteiger partial charge in [0.1, 0.15) is 5.75 Å². The van der Waals surface area contributed by atoms with E-state index in [2.05, 4.69) is 30.4 Å². The lowest BCUT2D eigenvalue weighted by molar-refractivity contribution is 0.244. The summed E-state index contributed by atoms with van der Waals surface area (Å²) in [5, 5.41) is 3.18. The predicted molar refractivity (Wildman–Crippen MR) is 99.4 cm³/mol. The minimum absolute atomic E-state index is 0.0113. The van der Waals surface area contributed by atoms with Crippen molar-refractivity contribution in [1.82, 2.24) is 5.32 Å². The molecule has 1 saturated carbocycles. The number of carbonyl (C=O) groups is 1. The summed E-state index contributed by atoms with van der Waals surface area (Å²) >= 11 is 0. The van der Waals surface area contributed by atoms with Gasteiger partial charge in [0.15, 0.2) is 0 Å². The maximum Gasteiger partial charge on any atom is 0.322 e. The Morgan fingerprint density at radius 1 is 1.20 bits per heavy atom. The topological polar surface area (TPSA) is 41.6 Å². The Balaban J connectivity index is 1.45. The smallest absolute Gasteiger partial charge is 0.322 e. The molecule has 1 heterocycles. The Kier molecular flexibility index (Phi) is 3.91. The number of hydrogen-bond acceptors (Lipinski definition) is 2. The van der Waals surface area contributed by atoms with E-state index in [1.165, 1.54) is 11.1 Å². The van der Waals surface area contributed by atoms with Crippen molar-refractivity contribution in [2.45, 2.75) is 37.6 Å². The van der Waals surface area contributed by atoms with E-state index in [1.807, 2.05) is 35.2 Å². The van der Waals surface area contributed by atoms with E-state index in [-0.39, 0.29) is 17.5 Å². The minimum atomic E-state index is 0.0113. The van der Waals surface area contributed by atoms with Gasteiger partial charge in [-0.1, -0.05) is 30.3 Å². The molecule has 1 atom stereocenters. The van der Waals surface area contributed by atoms with Gasteiger partial charge in [0.2, 0.25) is 0 Å². The SMILES string of the molecule is COc1ccc(C2(CNC(=O)N3c4ccccc4CC3C)CC2)cc1. The zero-order valence-corrected chi connectivity index (χ0v) is 14.8. The van der Waals surface area contributed by atoms with Crippen LogP contribution in [0.4, 0.5) is 10.5 Å². The van der Waals surface area contributed by atoms with E-state index in [0.29, 0.717) is 6.54 Å². The van der Waals surface area contributed by atoms with Gasteiger partial charge in [-0.3, -0.25) is 4.90 Å². The molecule has 0 spiro atoms. The fourth-order valence-corrected chi connectivity index (χ4v) is 3.87. The summed E-state index contributed by atoms with van der Waals surface area (Å²) in [6.07, 6.45) is 3.16. The number of benzene rings is 2. The number of amides is 2. The van der Waals surface area contributed by atoms with Crippen LogP contribution in [0.25, 0.3) is 0 Å². The van der Waals surface area contributed by atoms with Crippen LogP contribution < -0.4 is 15.0 Å². The zero-order valence-electron chi connectivity index (χ0n) is 14.8. The highest BCUT2D eigenvalue weighted by Gasteiger charge is 2.45. The van der Waals surface area contributed by atoms with E-state index in [4.69, 9.17) is 4.74 Å². The first-order valence-electron chi connectivity index (χ1n) is 8.92. The first kappa shape index (κ1) is 16.0. The van der Waals surface area contributed by atoms with E-state index in [1.54, 1.807) is 7.11 Å². The van der Waals surface area contributed by atoms with Crippen molar-refractivity contribution in [3.8, 4) is 5.75 Å². The Morgan fingerprint density at radius 3 is 2.60 bits per heavy atom. The van der Waals surface area contributed by atoms with Gasteiger partial charge in [-0.2, -0.15) is 0 Å². The highest BCUT2D eigenvalue weighted by molar-refractivity contribution is 5.95. The monoisotopic (exact) mass is 336 g/mol. The van der Waals surface area contributed by atoms with Crippen LogP contribution in [-0.2, 0) is 11.8 Å². The largest absolute Gasteiger partial charge is 0.497 e. The maximum absolute atomic E-state index is 12.8. The summed E-state index contributed by atoms with van der Waals surface area (Å²) in [6, 6.07) is 16.6. The normalized spacial score (nSPS) is 20.1. The number of carbonyl (C=O) groups excluding carboxylic acids is 1. The first-order valence-corrected chi connectivity index (χ1v) is 8.92. The molecular weight excluding hydrogens is 312 g/mol. The number of fused-ring (bicyclic) bond motifs is 1. The molecule has 4 rings (SSSR count). The van der Waals surface area contributed by atoms with Crippen LogP contribution in [0.3, 0.4) is 0 Å². The quantitative estimate of drug-likeness (QED) is 0.920. The maximum atomic E-state index is 12.8. The molecule has 1 N–H and O–H groups in total.